The van der Waals surface area contributed by atoms with Crippen LogP contribution in [-0.4, -0.2) is 16.1 Å². The van der Waals surface area contributed by atoms with Crippen LogP contribution in [0.1, 0.15) is 53.9 Å². The van der Waals surface area contributed by atoms with Gasteiger partial charge in [0, 0.05) is 11.9 Å². The van der Waals surface area contributed by atoms with Crippen LogP contribution >= 0.6 is 0 Å². The summed E-state index contributed by atoms with van der Waals surface area (Å²) in [5.41, 5.74) is 3.62. The van der Waals surface area contributed by atoms with E-state index in [2.05, 4.69) is 29.2 Å². The highest BCUT2D eigenvalue weighted by Crippen LogP contribution is 2.33. The van der Waals surface area contributed by atoms with E-state index in [9.17, 15) is 4.79 Å². The minimum Gasteiger partial charge on any atom is -0.478 e. The quantitative estimate of drug-likeness (QED) is 0.866. The Kier molecular flexibility index (Phi) is 3.59. The molecule has 2 aromatic rings. The summed E-state index contributed by atoms with van der Waals surface area (Å²) in [6.45, 7) is 0. The van der Waals surface area contributed by atoms with Gasteiger partial charge in [-0.3, -0.25) is 0 Å². The molecule has 104 valence electrons. The average molecular weight is 269 g/mol. The third-order valence-electron chi connectivity index (χ3n) is 4.23. The van der Waals surface area contributed by atoms with E-state index in [1.54, 1.807) is 6.07 Å². The second-order valence-corrected chi connectivity index (χ2v) is 5.56. The van der Waals surface area contributed by atoms with Crippen LogP contribution in [0, 0.1) is 0 Å². The van der Waals surface area contributed by atoms with Crippen molar-refractivity contribution in [1.82, 2.24) is 4.98 Å². The predicted molar refractivity (Wildman–Crippen MR) is 79.0 cm³/mol. The molecule has 0 radical (unpaired) electrons. The zero-order chi connectivity index (χ0) is 13.9. The summed E-state index contributed by atoms with van der Waals surface area (Å²) in [5.74, 6) is -0.192. The molecule has 0 bridgehead atoms. The fourth-order valence-corrected chi connectivity index (χ4v) is 3.06. The lowest BCUT2D eigenvalue weighted by Crippen LogP contribution is -2.04. The second kappa shape index (κ2) is 5.53. The number of rotatable bonds is 3. The molecule has 1 aromatic heterocycles. The number of aromatic nitrogens is 1. The second-order valence-electron chi connectivity index (χ2n) is 5.56. The van der Waals surface area contributed by atoms with Gasteiger partial charge < -0.3 is 10.1 Å². The molecule has 0 aliphatic heterocycles. The van der Waals surface area contributed by atoms with Crippen molar-refractivity contribution in [2.45, 2.75) is 38.0 Å². The zero-order valence-electron chi connectivity index (χ0n) is 11.4. The maximum atomic E-state index is 10.9. The summed E-state index contributed by atoms with van der Waals surface area (Å²) in [7, 11) is 0. The first-order chi connectivity index (χ1) is 9.74. The van der Waals surface area contributed by atoms with Gasteiger partial charge in [0.25, 0.3) is 0 Å². The van der Waals surface area contributed by atoms with Gasteiger partial charge in [-0.15, -0.1) is 0 Å². The Bertz CT molecular complexity index is 592. The monoisotopic (exact) mass is 269 g/mol. The molecule has 3 rings (SSSR count). The predicted octanol–water partition coefficient (Wildman–Crippen LogP) is 4.43. The SMILES string of the molecule is O=C(O)c1c[nH]c(-c2ccc(C3CCCCC3)cc2)c1. The molecule has 2 N–H and O–H groups in total. The molecule has 1 aliphatic carbocycles. The highest BCUT2D eigenvalue weighted by atomic mass is 16.4. The van der Waals surface area contributed by atoms with Gasteiger partial charge in [0.1, 0.15) is 0 Å². The Balaban J connectivity index is 1.79. The highest BCUT2D eigenvalue weighted by molar-refractivity contribution is 5.89. The van der Waals surface area contributed by atoms with Gasteiger partial charge in [-0.25, -0.2) is 4.79 Å². The number of aromatic carboxylic acids is 1. The van der Waals surface area contributed by atoms with Gasteiger partial charge in [-0.1, -0.05) is 43.5 Å². The number of aromatic amines is 1. The number of carboxylic acid groups (broad SMARTS) is 1. The van der Waals surface area contributed by atoms with E-state index in [1.807, 2.05) is 0 Å². The molecule has 1 aliphatic rings. The number of nitrogens with one attached hydrogen (secondary N) is 1. The fourth-order valence-electron chi connectivity index (χ4n) is 3.06. The van der Waals surface area contributed by atoms with E-state index in [-0.39, 0.29) is 0 Å². The summed E-state index contributed by atoms with van der Waals surface area (Å²) >= 11 is 0. The van der Waals surface area contributed by atoms with Gasteiger partial charge in [-0.05, 0) is 36.0 Å². The molecule has 3 nitrogen and oxygen atoms in total. The normalized spacial score (nSPS) is 16.2. The zero-order valence-corrected chi connectivity index (χ0v) is 11.4. The van der Waals surface area contributed by atoms with Crippen molar-refractivity contribution in [2.24, 2.45) is 0 Å². The minimum atomic E-state index is -0.897. The summed E-state index contributed by atoms with van der Waals surface area (Å²) < 4.78 is 0. The first-order valence-electron chi connectivity index (χ1n) is 7.26. The summed E-state index contributed by atoms with van der Waals surface area (Å²) in [6, 6.07) is 10.2. The maximum Gasteiger partial charge on any atom is 0.337 e. The average Bonchev–Trinajstić information content (AvgIpc) is 2.98. The highest BCUT2D eigenvalue weighted by Gasteiger charge is 2.15. The Morgan fingerprint density at radius 2 is 1.80 bits per heavy atom. The van der Waals surface area contributed by atoms with Crippen molar-refractivity contribution in [2.75, 3.05) is 0 Å². The molecule has 3 heteroatoms. The molecule has 0 saturated heterocycles. The minimum absolute atomic E-state index is 0.302. The van der Waals surface area contributed by atoms with E-state index in [0.717, 1.165) is 11.3 Å². The van der Waals surface area contributed by atoms with Crippen molar-refractivity contribution in [3.05, 3.63) is 47.7 Å². The third-order valence-corrected chi connectivity index (χ3v) is 4.23. The van der Waals surface area contributed by atoms with Crippen LogP contribution in [-0.2, 0) is 0 Å². The van der Waals surface area contributed by atoms with Crippen molar-refractivity contribution < 1.29 is 9.90 Å². The van der Waals surface area contributed by atoms with Gasteiger partial charge in [0.05, 0.1) is 5.56 Å². The Morgan fingerprint density at radius 1 is 1.10 bits per heavy atom. The van der Waals surface area contributed by atoms with Crippen LogP contribution in [0.4, 0.5) is 0 Å². The molecule has 20 heavy (non-hydrogen) atoms. The lowest BCUT2D eigenvalue weighted by atomic mass is 9.84. The summed E-state index contributed by atoms with van der Waals surface area (Å²) in [4.78, 5) is 13.9. The van der Waals surface area contributed by atoms with Crippen LogP contribution < -0.4 is 0 Å². The molecule has 0 spiro atoms. The first kappa shape index (κ1) is 13.0. The number of carboxylic acids is 1. The number of benzene rings is 1. The molecule has 1 heterocycles. The fraction of sp³-hybridized carbons (Fsp3) is 0.353. The Labute approximate surface area is 118 Å². The van der Waals surface area contributed by atoms with Crippen molar-refractivity contribution in [1.29, 1.82) is 0 Å². The smallest absolute Gasteiger partial charge is 0.337 e. The number of H-pyrrole nitrogens is 1. The maximum absolute atomic E-state index is 10.9. The summed E-state index contributed by atoms with van der Waals surface area (Å²) in [5, 5.41) is 8.94. The van der Waals surface area contributed by atoms with Crippen LogP contribution in [0.3, 0.4) is 0 Å². The molecule has 1 saturated carbocycles. The third kappa shape index (κ3) is 2.62. The van der Waals surface area contributed by atoms with Gasteiger partial charge >= 0.3 is 5.97 Å². The molecule has 1 fully saturated rings. The molecule has 0 amide bonds. The lowest BCUT2D eigenvalue weighted by Gasteiger charge is -2.22. The van der Waals surface area contributed by atoms with Crippen molar-refractivity contribution in [3.63, 3.8) is 0 Å². The van der Waals surface area contributed by atoms with E-state index in [0.29, 0.717) is 11.5 Å². The van der Waals surface area contributed by atoms with Crippen LogP contribution in [0.15, 0.2) is 36.5 Å². The number of carbonyl (C=O) groups is 1. The number of hydrogen-bond donors (Lipinski definition) is 2. The largest absolute Gasteiger partial charge is 0.478 e. The molecule has 1 aromatic carbocycles. The van der Waals surface area contributed by atoms with Crippen LogP contribution in [0.25, 0.3) is 11.3 Å². The van der Waals surface area contributed by atoms with Crippen molar-refractivity contribution >= 4 is 5.97 Å². The molecule has 0 atom stereocenters. The van der Waals surface area contributed by atoms with Crippen LogP contribution in [0.5, 0.6) is 0 Å². The molecular weight excluding hydrogens is 250 g/mol. The lowest BCUT2D eigenvalue weighted by molar-refractivity contribution is 0.0697. The standard InChI is InChI=1S/C17H19NO2/c19-17(20)15-10-16(18-11-15)14-8-6-13(7-9-14)12-4-2-1-3-5-12/h6-12,18H,1-5H2,(H,19,20). The number of hydrogen-bond acceptors (Lipinski definition) is 1. The van der Waals surface area contributed by atoms with Gasteiger partial charge in [0.15, 0.2) is 0 Å². The Hall–Kier alpha value is -2.03. The van der Waals surface area contributed by atoms with E-state index < -0.39 is 5.97 Å². The van der Waals surface area contributed by atoms with E-state index in [1.165, 1.54) is 43.9 Å². The van der Waals surface area contributed by atoms with Crippen LogP contribution in [0.2, 0.25) is 0 Å². The molecular formula is C17H19NO2. The van der Waals surface area contributed by atoms with E-state index in [4.69, 9.17) is 5.11 Å². The van der Waals surface area contributed by atoms with Gasteiger partial charge in [0.2, 0.25) is 0 Å². The Morgan fingerprint density at radius 3 is 2.40 bits per heavy atom. The van der Waals surface area contributed by atoms with E-state index >= 15 is 0 Å². The first-order valence-corrected chi connectivity index (χ1v) is 7.26. The van der Waals surface area contributed by atoms with Crippen molar-refractivity contribution in [3.8, 4) is 11.3 Å². The summed E-state index contributed by atoms with van der Waals surface area (Å²) in [6.07, 6.45) is 8.17. The topological polar surface area (TPSA) is 53.1 Å². The molecule has 0 unspecified atom stereocenters. The van der Waals surface area contributed by atoms with Gasteiger partial charge in [-0.2, -0.15) is 0 Å².